The molecule has 0 unspecified atom stereocenters. The Hall–Kier alpha value is -19.8. The number of pyridine rings is 2. The molecule has 0 fully saturated rings. The van der Waals surface area contributed by atoms with Crippen LogP contribution < -0.4 is 31.3 Å². The zero-order chi connectivity index (χ0) is 85.3. The Balaban J connectivity index is 0.000000156. The largest absolute Gasteiger partial charge is 0.512 e. The first kappa shape index (κ1) is 78.3. The Morgan fingerprint density at radius 1 is 0.283 bits per heavy atom. The van der Waals surface area contributed by atoms with E-state index in [1.807, 2.05) is 36.4 Å². The highest BCUT2D eigenvalue weighted by molar-refractivity contribution is 6.00. The zero-order valence-electron chi connectivity index (χ0n) is 61.7. The third kappa shape index (κ3) is 12.9. The molecular weight excluding hydrogens is 1500 g/mol. The van der Waals surface area contributed by atoms with Crippen LogP contribution in [0.5, 0.6) is 0 Å². The fourth-order valence-electron chi connectivity index (χ4n) is 16.3. The predicted molar refractivity (Wildman–Crippen MR) is 429 cm³/mol. The van der Waals surface area contributed by atoms with E-state index in [0.717, 1.165) is 11.1 Å². The van der Waals surface area contributed by atoms with E-state index in [2.05, 4.69) is 83.9 Å². The lowest BCUT2D eigenvalue weighted by Crippen LogP contribution is -2.24. The second-order valence-corrected chi connectivity index (χ2v) is 26.5. The first-order valence-corrected chi connectivity index (χ1v) is 35.2. The molecule has 9 aromatic rings. The number of hydrogen-bond acceptors (Lipinski definition) is 13. The molecule has 7 aromatic carbocycles. The molecule has 15 rings (SSSR count). The van der Waals surface area contributed by atoms with Gasteiger partial charge in [-0.3, -0.25) is 9.97 Å². The molecule has 0 bridgehead atoms. The van der Waals surface area contributed by atoms with E-state index in [1.54, 1.807) is 110 Å². The van der Waals surface area contributed by atoms with E-state index >= 15 is 0 Å². The number of benzene rings is 7. The predicted octanol–water partition coefficient (Wildman–Crippen LogP) is 14.5. The Labute approximate surface area is 682 Å². The molecule has 22 nitrogen and oxygen atoms in total. The summed E-state index contributed by atoms with van der Waals surface area (Å²) >= 11 is 0. The van der Waals surface area contributed by atoms with Crippen molar-refractivity contribution >= 4 is 33.8 Å². The summed E-state index contributed by atoms with van der Waals surface area (Å²) in [6.45, 7) is 69.5. The minimum atomic E-state index is -0.553. The van der Waals surface area contributed by atoms with Crippen LogP contribution in [0.25, 0.3) is 144 Å². The number of nitrogens with zero attached hydrogens (tertiary/aromatic N) is 22. The topological polar surface area (TPSA) is 327 Å². The smallest absolute Gasteiger partial charge is 0.265 e. The van der Waals surface area contributed by atoms with Crippen molar-refractivity contribution in [2.45, 2.75) is 38.5 Å². The van der Waals surface area contributed by atoms with Gasteiger partial charge in [0.05, 0.1) is 76.4 Å². The number of hydrogen-bond donors (Lipinski definition) is 0. The summed E-state index contributed by atoms with van der Waals surface area (Å²) in [4.78, 5) is 39.8. The molecule has 0 radical (unpaired) electrons. The van der Waals surface area contributed by atoms with Gasteiger partial charge in [0.25, 0.3) is 0 Å². The van der Waals surface area contributed by atoms with Gasteiger partial charge in [-0.1, -0.05) is 48.5 Å². The van der Waals surface area contributed by atoms with Crippen molar-refractivity contribution in [1.29, 1.82) is 57.9 Å². The monoisotopic (exact) mass is 1530 g/mol. The maximum atomic E-state index is 14.5. The molecule has 0 amide bonds. The maximum Gasteiger partial charge on any atom is 0.512 e. The molecule has 0 atom stereocenters. The summed E-state index contributed by atoms with van der Waals surface area (Å²) < 4.78 is 29.1. The van der Waals surface area contributed by atoms with Crippen LogP contribution in [0.15, 0.2) is 214 Å². The highest BCUT2D eigenvalue weighted by Crippen LogP contribution is 2.45. The van der Waals surface area contributed by atoms with Crippen molar-refractivity contribution < 1.29 is 8.78 Å². The summed E-state index contributed by atoms with van der Waals surface area (Å²) in [7, 11) is 0. The first-order chi connectivity index (χ1) is 58.5. The third-order valence-electron chi connectivity index (χ3n) is 20.9. The molecule has 0 saturated carbocycles. The van der Waals surface area contributed by atoms with Gasteiger partial charge in [0, 0.05) is 76.4 Å². The van der Waals surface area contributed by atoms with Crippen molar-refractivity contribution in [3.8, 4) is 134 Å². The van der Waals surface area contributed by atoms with Gasteiger partial charge in [-0.05, 0) is 208 Å². The normalized spacial score (nSPS) is 12.5. The molecule has 120 heavy (non-hydrogen) atoms. The number of aromatic nitrogens is 2. The SMILES string of the molecule is [C-]#[N+]C([N+]#[C-])=C1Cc2c(-c3ccc(C#N)cc3)c3c(c(-c4ccc(C#N)cc4)c2=C1[N+]#[C-])CC(=C(C#N)C#N)C=3C#N.[C-]#[N+]C([N+]#[C-])=C1Cc2c(-c3cccc(F)c3)c3c(c(-c4cccc(F)c4)c2=C1[N+]#[C-])CC(=C(C#N)C#N)C=3C#N.[C-]#[N+]C([N+]#[C-])=C1Cc2c(-c3ccncc3)c3c(c(-c4ccncc4)c2=C1[N+]#[C-])CC(=C(C#N)C#N)C=3C#N. The van der Waals surface area contributed by atoms with Crippen LogP contribution in [0, 0.1) is 195 Å². The minimum Gasteiger partial charge on any atom is -0.265 e. The van der Waals surface area contributed by atoms with Gasteiger partial charge in [0.15, 0.2) is 17.1 Å². The molecule has 24 heteroatoms. The lowest BCUT2D eigenvalue weighted by Gasteiger charge is -2.17. The lowest BCUT2D eigenvalue weighted by atomic mass is 9.86. The van der Waals surface area contributed by atoms with Crippen LogP contribution in [0.1, 0.15) is 44.5 Å². The van der Waals surface area contributed by atoms with E-state index in [9.17, 15) is 66.7 Å². The average molecular weight is 1540 g/mol. The van der Waals surface area contributed by atoms with Crippen molar-refractivity contribution in [2.75, 3.05) is 0 Å². The fraction of sp³-hybridized carbons (Fsp3) is 0.0625. The maximum absolute atomic E-state index is 14.5. The fourth-order valence-corrected chi connectivity index (χ4v) is 16.3. The Morgan fingerprint density at radius 3 is 0.767 bits per heavy atom. The molecule has 0 spiro atoms. The second-order valence-electron chi connectivity index (χ2n) is 26.5. The summed E-state index contributed by atoms with van der Waals surface area (Å²) in [5.74, 6) is -1.80. The molecule has 0 saturated heterocycles. The standard InChI is InChI=1S/C34H12N8.C32H12F2N6.C30H12N8/c1-40-33-27(34(41-2)42-3)13-26-29(21-8-4-19(14-35)5-9-21)31-25(12-24(28(31)18-39)23(16-37)17-38)30(32(26)33)22-10-6-20(15-36)7-11-22;1-38-31-25(32(39-2)40-3)13-24-27(17-6-4-8-20(33)10-17)29-23(12-22(26(29)16-37)19(14-35)15-36)28(30(24)31)18-7-5-9-21(34)11-18;1-34-29-23(30(35-2)36-3)13-22-25(17-4-8-37-9-5-17)27-21(12-20(24(27)16-33)19(14-31)15-32)26(28(22)29)18-6-10-38-11-7-18/h4-11H,12-13H2;4-11H,12-13H2;4-11H,12-13H2. The summed E-state index contributed by atoms with van der Waals surface area (Å²) in [5.41, 5.74) is 13.0. The summed E-state index contributed by atoms with van der Waals surface area (Å²) in [6.07, 6.45) is 6.82. The first-order valence-electron chi connectivity index (χ1n) is 35.2. The van der Waals surface area contributed by atoms with Crippen molar-refractivity contribution in [3.63, 3.8) is 0 Å². The van der Waals surface area contributed by atoms with E-state index < -0.39 is 11.6 Å². The van der Waals surface area contributed by atoms with Gasteiger partial charge in [0.2, 0.25) is 0 Å². The Morgan fingerprint density at radius 2 is 0.525 bits per heavy atom. The number of rotatable bonds is 6. The number of fused-ring (bicyclic) bond motifs is 6. The van der Waals surface area contributed by atoms with Crippen LogP contribution in [-0.2, 0) is 38.5 Å². The molecule has 2 aromatic heterocycles. The third-order valence-corrected chi connectivity index (χ3v) is 20.9. The van der Waals surface area contributed by atoms with Gasteiger partial charge in [-0.25, -0.2) is 23.3 Å². The van der Waals surface area contributed by atoms with Gasteiger partial charge < -0.3 is 0 Å². The zero-order valence-corrected chi connectivity index (χ0v) is 61.7. The van der Waals surface area contributed by atoms with Gasteiger partial charge in [-0.15, -0.1) is 0 Å². The van der Waals surface area contributed by atoms with Crippen LogP contribution >= 0.6 is 0 Å². The molecule has 2 heterocycles. The molecule has 6 aliphatic carbocycles. The van der Waals surface area contributed by atoms with E-state index in [0.29, 0.717) is 143 Å². The minimum absolute atomic E-state index is 0.0320. The second kappa shape index (κ2) is 33.0. The Kier molecular flexibility index (Phi) is 21.5. The van der Waals surface area contributed by atoms with Crippen LogP contribution in [0.4, 0.5) is 8.78 Å². The lowest BCUT2D eigenvalue weighted by molar-refractivity contribution is 0.628. The van der Waals surface area contributed by atoms with Crippen molar-refractivity contribution in [2.24, 2.45) is 0 Å². The molecule has 0 N–H and O–H groups in total. The number of halogens is 2. The van der Waals surface area contributed by atoms with Gasteiger partial charge in [-0.2, -0.15) is 87.0 Å². The summed E-state index contributed by atoms with van der Waals surface area (Å²) in [5, 5.41) is 111. The Bertz CT molecular complexity index is 7370. The van der Waals surface area contributed by atoms with Crippen molar-refractivity contribution in [3.05, 3.63) is 404 Å². The van der Waals surface area contributed by atoms with Crippen LogP contribution in [0.2, 0.25) is 0 Å². The highest BCUT2D eigenvalue weighted by Gasteiger charge is 2.41. The average Bonchev–Trinajstić information content (AvgIpc) is 1.56. The summed E-state index contributed by atoms with van der Waals surface area (Å²) in [6, 6.07) is 54.0. The molecule has 544 valence electrons. The van der Waals surface area contributed by atoms with Gasteiger partial charge >= 0.3 is 17.5 Å². The number of nitriles is 11. The highest BCUT2D eigenvalue weighted by atomic mass is 19.1. The van der Waals surface area contributed by atoms with Crippen molar-refractivity contribution in [1.82, 2.24) is 9.97 Å². The quantitative estimate of drug-likeness (QED) is 0.110. The van der Waals surface area contributed by atoms with E-state index in [4.69, 9.17) is 59.1 Å². The molecular formula is C96H36F2N22. The number of allylic oxidation sites excluding steroid dienone is 6. The van der Waals surface area contributed by atoms with E-state index in [-0.39, 0.29) is 129 Å². The van der Waals surface area contributed by atoms with E-state index in [1.165, 1.54) is 36.4 Å². The molecule has 6 aliphatic rings. The molecule has 0 aliphatic heterocycles. The van der Waals surface area contributed by atoms with Crippen LogP contribution in [-0.4, -0.2) is 9.97 Å². The van der Waals surface area contributed by atoms with Gasteiger partial charge in [0.1, 0.15) is 122 Å². The van der Waals surface area contributed by atoms with Crippen LogP contribution in [0.3, 0.4) is 0 Å².